The van der Waals surface area contributed by atoms with Crippen molar-refractivity contribution in [2.45, 2.75) is 63.3 Å². The molecule has 1 saturated heterocycles. The van der Waals surface area contributed by atoms with Gasteiger partial charge in [-0.3, -0.25) is 0 Å². The largest absolute Gasteiger partial charge is 1.00 e. The van der Waals surface area contributed by atoms with Gasteiger partial charge in [-0.1, -0.05) is 43.5 Å². The first-order chi connectivity index (χ1) is 14.0. The van der Waals surface area contributed by atoms with Crippen LogP contribution >= 0.6 is 0 Å². The fraction of sp³-hybridized carbons (Fsp3) is 0.542. The normalized spacial score (nSPS) is 31.3. The molecule has 5 atom stereocenters. The monoisotopic (exact) mass is 421 g/mol. The summed E-state index contributed by atoms with van der Waals surface area (Å²) in [6.45, 7) is 0. The summed E-state index contributed by atoms with van der Waals surface area (Å²) in [6, 6.07) is 6.81. The van der Waals surface area contributed by atoms with Gasteiger partial charge in [-0.25, -0.2) is 4.79 Å². The molecule has 0 amide bonds. The van der Waals surface area contributed by atoms with Gasteiger partial charge in [0.15, 0.2) is 0 Å². The van der Waals surface area contributed by atoms with E-state index in [1.807, 2.05) is 24.3 Å². The third-order valence-corrected chi connectivity index (χ3v) is 6.75. The van der Waals surface area contributed by atoms with Gasteiger partial charge in [0.2, 0.25) is 0 Å². The summed E-state index contributed by atoms with van der Waals surface area (Å²) in [5.74, 6) is 0.398. The zero-order chi connectivity index (χ0) is 20.4. The molecule has 30 heavy (non-hydrogen) atoms. The number of carboxylic acids is 1. The molecule has 1 aromatic carbocycles. The van der Waals surface area contributed by atoms with E-state index in [2.05, 4.69) is 0 Å². The van der Waals surface area contributed by atoms with Crippen LogP contribution in [-0.4, -0.2) is 39.6 Å². The van der Waals surface area contributed by atoms with Crippen molar-refractivity contribution in [3.05, 3.63) is 53.3 Å². The molecule has 2 aliphatic carbocycles. The summed E-state index contributed by atoms with van der Waals surface area (Å²) in [6.07, 6.45) is 12.0. The Kier molecular flexibility index (Phi) is 8.22. The number of fused-ring (bicyclic) bond motifs is 1. The quantitative estimate of drug-likeness (QED) is 0.488. The van der Waals surface area contributed by atoms with E-state index in [0.717, 1.165) is 24.2 Å². The van der Waals surface area contributed by atoms with Crippen LogP contribution in [0.4, 0.5) is 0 Å². The molecular weight excluding hydrogens is 391 g/mol. The molecule has 2 saturated carbocycles. The van der Waals surface area contributed by atoms with E-state index < -0.39 is 18.2 Å². The number of benzene rings is 1. The minimum absolute atomic E-state index is 0. The van der Waals surface area contributed by atoms with E-state index in [1.165, 1.54) is 19.3 Å². The number of allylic oxidation sites excluding steroid dienone is 1. The predicted octanol–water partition coefficient (Wildman–Crippen LogP) is 1.01. The van der Waals surface area contributed by atoms with Crippen LogP contribution < -0.4 is 29.6 Å². The topological polar surface area (TPSA) is 87.0 Å². The first-order valence-electron chi connectivity index (χ1n) is 10.8. The minimum Gasteiger partial charge on any atom is -0.494 e. The first kappa shape index (κ1) is 23.6. The van der Waals surface area contributed by atoms with Gasteiger partial charge in [0.25, 0.3) is 0 Å². The number of aliphatic hydroxyl groups is 2. The Morgan fingerprint density at radius 2 is 1.97 bits per heavy atom. The summed E-state index contributed by atoms with van der Waals surface area (Å²) < 4.78 is 6.07. The molecule has 0 bridgehead atoms. The first-order valence-corrected chi connectivity index (χ1v) is 10.8. The van der Waals surface area contributed by atoms with Crippen molar-refractivity contribution in [1.29, 1.82) is 0 Å². The van der Waals surface area contributed by atoms with Crippen LogP contribution in [0.1, 0.15) is 60.9 Å². The van der Waals surface area contributed by atoms with Gasteiger partial charge in [0, 0.05) is 24.7 Å². The molecule has 3 fully saturated rings. The third-order valence-electron chi connectivity index (χ3n) is 6.75. The maximum absolute atomic E-state index is 11.2. The van der Waals surface area contributed by atoms with Gasteiger partial charge in [-0.15, -0.1) is 0 Å². The number of rotatable bonds is 5. The van der Waals surface area contributed by atoms with Crippen molar-refractivity contribution < 1.29 is 54.4 Å². The molecule has 0 spiro atoms. The van der Waals surface area contributed by atoms with E-state index in [-0.39, 0.29) is 53.1 Å². The van der Waals surface area contributed by atoms with Crippen molar-refractivity contribution in [2.24, 2.45) is 17.8 Å². The maximum Gasteiger partial charge on any atom is 1.00 e. The van der Waals surface area contributed by atoms with Gasteiger partial charge in [0.05, 0.1) is 23.5 Å². The Hall–Kier alpha value is -1.11. The number of carboxylic acid groups (broad SMARTS) is 1. The van der Waals surface area contributed by atoms with E-state index in [1.54, 1.807) is 18.2 Å². The molecule has 0 radical (unpaired) electrons. The zero-order valence-corrected chi connectivity index (χ0v) is 19.6. The maximum atomic E-state index is 11.2. The number of aromatic carboxylic acids is 1. The average molecular weight is 421 g/mol. The third kappa shape index (κ3) is 5.38. The SMILES string of the molecule is O=C(O)c1cccc(/C=C2/C[C@@H]3[C@@H](/C=C/[C@@H](O)C4CCCCC4)[C@H](O)C[C@@H]3O2)c1.[Na+]. The minimum atomic E-state index is -0.945. The van der Waals surface area contributed by atoms with E-state index >= 15 is 0 Å². The second-order valence-electron chi connectivity index (χ2n) is 8.72. The molecule has 3 N–H and O–H groups in total. The number of hydrogen-bond acceptors (Lipinski definition) is 4. The Morgan fingerprint density at radius 1 is 1.20 bits per heavy atom. The van der Waals surface area contributed by atoms with Gasteiger partial charge < -0.3 is 20.1 Å². The van der Waals surface area contributed by atoms with Crippen LogP contribution in [0.25, 0.3) is 6.08 Å². The predicted molar refractivity (Wildman–Crippen MR) is 110 cm³/mol. The summed E-state index contributed by atoms with van der Waals surface area (Å²) in [4.78, 5) is 11.2. The average Bonchev–Trinajstić information content (AvgIpc) is 3.23. The number of hydrogen-bond donors (Lipinski definition) is 3. The van der Waals surface area contributed by atoms with Crippen LogP contribution in [0.3, 0.4) is 0 Å². The fourth-order valence-electron chi connectivity index (χ4n) is 5.17. The van der Waals surface area contributed by atoms with Crippen LogP contribution in [0.15, 0.2) is 42.2 Å². The van der Waals surface area contributed by atoms with Gasteiger partial charge in [-0.05, 0) is 42.5 Å². The van der Waals surface area contributed by atoms with Crippen LogP contribution in [0.2, 0.25) is 0 Å². The molecular formula is C24H30NaO5+. The van der Waals surface area contributed by atoms with E-state index in [4.69, 9.17) is 9.84 Å². The Labute approximate surface area is 200 Å². The van der Waals surface area contributed by atoms with Crippen LogP contribution in [-0.2, 0) is 4.74 Å². The van der Waals surface area contributed by atoms with Crippen molar-refractivity contribution in [2.75, 3.05) is 0 Å². The molecule has 0 aromatic heterocycles. The molecule has 0 unspecified atom stereocenters. The second-order valence-corrected chi connectivity index (χ2v) is 8.72. The Bertz CT molecular complexity index is 799. The van der Waals surface area contributed by atoms with Gasteiger partial charge in [0.1, 0.15) is 6.10 Å². The second kappa shape index (κ2) is 10.5. The smallest absolute Gasteiger partial charge is 0.494 e. The Morgan fingerprint density at radius 3 is 2.70 bits per heavy atom. The van der Waals surface area contributed by atoms with Gasteiger partial charge >= 0.3 is 35.5 Å². The summed E-state index contributed by atoms with van der Waals surface area (Å²) in [5.41, 5.74) is 1.06. The summed E-state index contributed by atoms with van der Waals surface area (Å²) in [7, 11) is 0. The Balaban J connectivity index is 0.00000256. The van der Waals surface area contributed by atoms with Crippen molar-refractivity contribution >= 4 is 12.0 Å². The summed E-state index contributed by atoms with van der Waals surface area (Å²) in [5, 5.41) is 30.2. The molecule has 1 heterocycles. The fourth-order valence-corrected chi connectivity index (χ4v) is 5.17. The molecule has 6 heteroatoms. The van der Waals surface area contributed by atoms with E-state index in [9.17, 15) is 15.0 Å². The standard InChI is InChI=1S/C24H30O5.Na/c25-21(16-6-2-1-3-7-16)10-9-19-20-13-18(29-23(20)14-22(19)26)12-15-5-4-8-17(11-15)24(27)28;/h4-5,8-12,16,19-23,25-26H,1-3,6-7,13-14H2,(H,27,28);/q;+1/b10-9+,18-12-;/t19-,20-,21-,22-,23+;/m1./s1. The van der Waals surface area contributed by atoms with Crippen molar-refractivity contribution in [3.8, 4) is 0 Å². The van der Waals surface area contributed by atoms with Crippen LogP contribution in [0, 0.1) is 17.8 Å². The molecule has 1 aliphatic heterocycles. The van der Waals surface area contributed by atoms with Gasteiger partial charge in [-0.2, -0.15) is 0 Å². The molecule has 1 aromatic rings. The number of aliphatic hydroxyl groups excluding tert-OH is 2. The zero-order valence-electron chi connectivity index (χ0n) is 17.6. The summed E-state index contributed by atoms with van der Waals surface area (Å²) >= 11 is 0. The van der Waals surface area contributed by atoms with Crippen LogP contribution in [0.5, 0.6) is 0 Å². The molecule has 156 valence electrons. The number of ether oxygens (including phenoxy) is 1. The van der Waals surface area contributed by atoms with E-state index in [0.29, 0.717) is 18.8 Å². The molecule has 3 aliphatic rings. The van der Waals surface area contributed by atoms with Crippen molar-refractivity contribution in [1.82, 2.24) is 0 Å². The molecule has 4 rings (SSSR count). The molecule has 5 nitrogen and oxygen atoms in total. The van der Waals surface area contributed by atoms with Crippen molar-refractivity contribution in [3.63, 3.8) is 0 Å². The number of carbonyl (C=O) groups is 1.